The summed E-state index contributed by atoms with van der Waals surface area (Å²) in [5.74, 6) is -1.16. The molecule has 174 valence electrons. The van der Waals surface area contributed by atoms with Crippen LogP contribution in [0.15, 0.2) is 42.5 Å². The number of carbonyl (C=O) groups excluding carboxylic acids is 1. The van der Waals surface area contributed by atoms with Crippen LogP contribution in [0.1, 0.15) is 19.8 Å². The molecular weight excluding hydrogens is 505 g/mol. The summed E-state index contributed by atoms with van der Waals surface area (Å²) < 4.78 is 2.55. The van der Waals surface area contributed by atoms with E-state index in [1.165, 1.54) is 0 Å². The van der Waals surface area contributed by atoms with Crippen LogP contribution < -0.4 is 10.2 Å². The van der Waals surface area contributed by atoms with Gasteiger partial charge in [-0.25, -0.2) is 4.79 Å². The van der Waals surface area contributed by atoms with Crippen molar-refractivity contribution in [1.82, 2.24) is 14.8 Å². The summed E-state index contributed by atoms with van der Waals surface area (Å²) in [5, 5.41) is 18.6. The summed E-state index contributed by atoms with van der Waals surface area (Å²) in [7, 11) is 0. The minimum absolute atomic E-state index is 0.185. The first-order chi connectivity index (χ1) is 15.7. The molecule has 1 atom stereocenters. The second-order valence-corrected chi connectivity index (χ2v) is 8.79. The maximum Gasteiger partial charge on any atom is 0.326 e. The van der Waals surface area contributed by atoms with E-state index in [4.69, 9.17) is 47.6 Å². The number of rotatable bonds is 9. The van der Waals surface area contributed by atoms with E-state index >= 15 is 0 Å². The van der Waals surface area contributed by atoms with Crippen LogP contribution in [-0.2, 0) is 9.59 Å². The maximum absolute atomic E-state index is 12.4. The summed E-state index contributed by atoms with van der Waals surface area (Å²) >= 11 is 22.5. The van der Waals surface area contributed by atoms with Crippen LogP contribution in [0.3, 0.4) is 0 Å². The summed E-state index contributed by atoms with van der Waals surface area (Å²) in [6, 6.07) is 11.2. The Hall–Kier alpha value is -2.66. The number of aromatic nitrogens is 3. The lowest BCUT2D eigenvalue weighted by atomic mass is 10.2. The normalized spacial score (nSPS) is 11.7. The first-order valence-corrected chi connectivity index (χ1v) is 11.5. The van der Waals surface area contributed by atoms with E-state index in [1.807, 2.05) is 0 Å². The monoisotopic (exact) mass is 525 g/mol. The second kappa shape index (κ2) is 11.0. The summed E-state index contributed by atoms with van der Waals surface area (Å²) in [5.41, 5.74) is 2.01. The Bertz CT molecular complexity index is 1240. The molecule has 1 amide bonds. The molecule has 4 N–H and O–H groups in total. The second-order valence-electron chi connectivity index (χ2n) is 7.20. The number of aliphatic carboxylic acids is 1. The predicted octanol–water partition coefficient (Wildman–Crippen LogP) is 5.60. The lowest BCUT2D eigenvalue weighted by molar-refractivity contribution is -0.138. The highest BCUT2D eigenvalue weighted by Gasteiger charge is 2.21. The van der Waals surface area contributed by atoms with E-state index in [2.05, 4.69) is 15.5 Å². The molecule has 33 heavy (non-hydrogen) atoms. The zero-order chi connectivity index (χ0) is 24.1. The van der Waals surface area contributed by atoms with Gasteiger partial charge in [-0.1, -0.05) is 23.2 Å². The standard InChI is InChI=1S/C21H21Cl2N5O3S2/c1-12(19(30)31)27(15-8-9-16(22)17(23)11-15)10-2-3-18(29)24-13-4-6-14(7-5-13)28-20(32)25-26-21(28)33/h4-9,11-12H,2-3,10H2,1H3,(H,24,29)(H,25,32)(H,26,33)(H,30,31). The third kappa shape index (κ3) is 6.23. The third-order valence-corrected chi connectivity index (χ3v) is 6.26. The van der Waals surface area contributed by atoms with Gasteiger partial charge in [0, 0.05) is 24.3 Å². The summed E-state index contributed by atoms with van der Waals surface area (Å²) in [6.07, 6.45) is 0.648. The maximum atomic E-state index is 12.4. The average molecular weight is 526 g/mol. The van der Waals surface area contributed by atoms with Crippen molar-refractivity contribution in [3.05, 3.63) is 62.1 Å². The van der Waals surface area contributed by atoms with Crippen molar-refractivity contribution < 1.29 is 14.7 Å². The SMILES string of the molecule is CC(C(=O)O)N(CCCC(=O)Nc1ccc(-n2c(=S)[nH][nH]c2=S)cc1)c1ccc(Cl)c(Cl)c1. The molecule has 0 aliphatic rings. The molecule has 2 aromatic carbocycles. The molecule has 0 radical (unpaired) electrons. The van der Waals surface area contributed by atoms with Gasteiger partial charge in [-0.2, -0.15) is 0 Å². The van der Waals surface area contributed by atoms with Gasteiger partial charge in [0.25, 0.3) is 0 Å². The number of benzene rings is 2. The molecule has 8 nitrogen and oxygen atoms in total. The van der Waals surface area contributed by atoms with Crippen LogP contribution >= 0.6 is 47.6 Å². The van der Waals surface area contributed by atoms with Crippen LogP contribution in [0, 0.1) is 9.54 Å². The van der Waals surface area contributed by atoms with E-state index in [1.54, 1.807) is 58.9 Å². The Morgan fingerprint density at radius 3 is 2.30 bits per heavy atom. The van der Waals surface area contributed by atoms with E-state index in [-0.39, 0.29) is 12.3 Å². The number of carboxylic acid groups (broad SMARTS) is 1. The van der Waals surface area contributed by atoms with Gasteiger partial charge in [0.2, 0.25) is 5.91 Å². The van der Waals surface area contributed by atoms with Gasteiger partial charge in [-0.3, -0.25) is 19.6 Å². The fourth-order valence-electron chi connectivity index (χ4n) is 3.22. The van der Waals surface area contributed by atoms with Crippen molar-refractivity contribution in [2.75, 3.05) is 16.8 Å². The fraction of sp³-hybridized carbons (Fsp3) is 0.238. The molecule has 0 saturated heterocycles. The number of hydrogen-bond acceptors (Lipinski definition) is 5. The van der Waals surface area contributed by atoms with Crippen LogP contribution in [0.25, 0.3) is 5.69 Å². The minimum Gasteiger partial charge on any atom is -0.480 e. The Kier molecular flexibility index (Phi) is 8.30. The Morgan fingerprint density at radius 1 is 1.09 bits per heavy atom. The summed E-state index contributed by atoms with van der Waals surface area (Å²) in [4.78, 5) is 25.7. The van der Waals surface area contributed by atoms with Gasteiger partial charge >= 0.3 is 5.97 Å². The Balaban J connectivity index is 1.60. The molecule has 1 heterocycles. The smallest absolute Gasteiger partial charge is 0.326 e. The van der Waals surface area contributed by atoms with Crippen molar-refractivity contribution in [1.29, 1.82) is 0 Å². The molecule has 12 heteroatoms. The molecular formula is C21H21Cl2N5O3S2. The zero-order valence-corrected chi connectivity index (χ0v) is 20.6. The fourth-order valence-corrected chi connectivity index (χ4v) is 4.06. The number of amides is 1. The van der Waals surface area contributed by atoms with Crippen molar-refractivity contribution in [3.8, 4) is 5.69 Å². The molecule has 1 aromatic heterocycles. The quantitative estimate of drug-likeness (QED) is 0.271. The van der Waals surface area contributed by atoms with Crippen LogP contribution in [-0.4, -0.2) is 44.3 Å². The van der Waals surface area contributed by atoms with Crippen molar-refractivity contribution in [2.24, 2.45) is 0 Å². The highest BCUT2D eigenvalue weighted by Crippen LogP contribution is 2.28. The molecule has 0 aliphatic heterocycles. The Labute approximate surface area is 210 Å². The molecule has 3 rings (SSSR count). The van der Waals surface area contributed by atoms with Crippen LogP contribution in [0.5, 0.6) is 0 Å². The van der Waals surface area contributed by atoms with Gasteiger partial charge in [0.1, 0.15) is 6.04 Å². The number of H-pyrrole nitrogens is 2. The van der Waals surface area contributed by atoms with Gasteiger partial charge in [0.15, 0.2) is 9.54 Å². The number of aromatic amines is 2. The van der Waals surface area contributed by atoms with Crippen LogP contribution in [0.4, 0.5) is 11.4 Å². The zero-order valence-electron chi connectivity index (χ0n) is 17.5. The largest absolute Gasteiger partial charge is 0.480 e. The highest BCUT2D eigenvalue weighted by atomic mass is 35.5. The van der Waals surface area contributed by atoms with Crippen molar-refractivity contribution >= 4 is 70.9 Å². The van der Waals surface area contributed by atoms with Gasteiger partial charge in [0.05, 0.1) is 15.7 Å². The number of carbonyl (C=O) groups is 2. The average Bonchev–Trinajstić information content (AvgIpc) is 3.11. The predicted molar refractivity (Wildman–Crippen MR) is 135 cm³/mol. The first-order valence-electron chi connectivity index (χ1n) is 9.92. The van der Waals surface area contributed by atoms with Crippen molar-refractivity contribution in [3.63, 3.8) is 0 Å². The molecule has 1 unspecified atom stereocenters. The van der Waals surface area contributed by atoms with E-state index in [0.29, 0.717) is 43.9 Å². The molecule has 0 saturated carbocycles. The highest BCUT2D eigenvalue weighted by molar-refractivity contribution is 7.72. The number of halogens is 2. The molecule has 0 aliphatic carbocycles. The lowest BCUT2D eigenvalue weighted by Gasteiger charge is -2.29. The van der Waals surface area contributed by atoms with Gasteiger partial charge in [-0.15, -0.1) is 0 Å². The number of nitrogens with zero attached hydrogens (tertiary/aromatic N) is 2. The number of nitrogens with one attached hydrogen (secondary N) is 3. The lowest BCUT2D eigenvalue weighted by Crippen LogP contribution is -2.40. The number of anilines is 2. The molecule has 3 aromatic rings. The van der Waals surface area contributed by atoms with Gasteiger partial charge in [-0.05, 0) is 80.2 Å². The summed E-state index contributed by atoms with van der Waals surface area (Å²) in [6.45, 7) is 1.93. The van der Waals surface area contributed by atoms with Crippen LogP contribution in [0.2, 0.25) is 10.0 Å². The topological polar surface area (TPSA) is 106 Å². The first kappa shape index (κ1) is 25.0. The Morgan fingerprint density at radius 2 is 1.73 bits per heavy atom. The van der Waals surface area contributed by atoms with E-state index in [9.17, 15) is 14.7 Å². The molecule has 0 fully saturated rings. The van der Waals surface area contributed by atoms with Gasteiger partial charge < -0.3 is 15.3 Å². The van der Waals surface area contributed by atoms with E-state index < -0.39 is 12.0 Å². The third-order valence-electron chi connectivity index (χ3n) is 4.95. The number of hydrogen-bond donors (Lipinski definition) is 4. The minimum atomic E-state index is -0.979. The molecule has 0 spiro atoms. The number of carboxylic acids is 1. The van der Waals surface area contributed by atoms with Crippen molar-refractivity contribution in [2.45, 2.75) is 25.8 Å². The molecule has 0 bridgehead atoms. The van der Waals surface area contributed by atoms with E-state index in [0.717, 1.165) is 5.69 Å².